The van der Waals surface area contributed by atoms with Gasteiger partial charge in [0, 0.05) is 44.6 Å². The highest BCUT2D eigenvalue weighted by molar-refractivity contribution is 6.11. The molecule has 1 aromatic carbocycles. The Kier molecular flexibility index (Phi) is 8.88. The van der Waals surface area contributed by atoms with Gasteiger partial charge in [0.15, 0.2) is 0 Å². The van der Waals surface area contributed by atoms with Gasteiger partial charge in [0.05, 0.1) is 53.3 Å². The highest BCUT2D eigenvalue weighted by Crippen LogP contribution is 2.39. The van der Waals surface area contributed by atoms with E-state index in [1.807, 2.05) is 37.2 Å². The number of fused-ring (bicyclic) bond motifs is 2. The van der Waals surface area contributed by atoms with Crippen LogP contribution in [0.25, 0.3) is 16.9 Å². The van der Waals surface area contributed by atoms with E-state index in [0.29, 0.717) is 78.6 Å². The average molecular weight is 660 g/mol. The van der Waals surface area contributed by atoms with Gasteiger partial charge in [-0.25, -0.2) is 24.1 Å². The van der Waals surface area contributed by atoms with E-state index < -0.39 is 29.0 Å². The van der Waals surface area contributed by atoms with E-state index in [0.717, 1.165) is 16.3 Å². The summed E-state index contributed by atoms with van der Waals surface area (Å²) < 4.78 is 26.5. The monoisotopic (exact) mass is 659 g/mol. The van der Waals surface area contributed by atoms with Crippen LogP contribution in [0.4, 0.5) is 26.4 Å². The Bertz CT molecular complexity index is 1860. The lowest BCUT2D eigenvalue weighted by Crippen LogP contribution is -2.47. The number of benzene rings is 1. The third kappa shape index (κ3) is 6.71. The van der Waals surface area contributed by atoms with Crippen LogP contribution in [0, 0.1) is 5.82 Å². The van der Waals surface area contributed by atoms with Gasteiger partial charge < -0.3 is 29.7 Å². The number of nitrogens with zero attached hydrogens (tertiary/aromatic N) is 6. The largest absolute Gasteiger partial charge is 0.443 e. The van der Waals surface area contributed by atoms with Crippen molar-refractivity contribution in [1.82, 2.24) is 24.2 Å². The molecule has 2 aliphatic rings. The van der Waals surface area contributed by atoms with Crippen LogP contribution in [-0.2, 0) is 22.6 Å². The maximum Gasteiger partial charge on any atom is 0.417 e. The Morgan fingerprint density at radius 2 is 1.90 bits per heavy atom. The quantitative estimate of drug-likeness (QED) is 0.261. The number of anilines is 3. The molecule has 0 bridgehead atoms. The normalized spacial score (nSPS) is 16.1. The highest BCUT2D eigenvalue weighted by atomic mass is 19.1. The number of aliphatic hydroxyl groups is 1. The minimum absolute atomic E-state index is 0.00894. The van der Waals surface area contributed by atoms with E-state index in [9.17, 15) is 19.1 Å². The maximum atomic E-state index is 14.0. The fraction of sp³-hybridized carbons (Fsp3) is 0.429. The van der Waals surface area contributed by atoms with E-state index in [2.05, 4.69) is 15.2 Å². The second-order valence-electron chi connectivity index (χ2n) is 13.8. The number of pyridine rings is 2. The van der Waals surface area contributed by atoms with Crippen LogP contribution in [0.5, 0.6) is 0 Å². The first kappa shape index (κ1) is 33.3. The zero-order chi connectivity index (χ0) is 34.4. The molecule has 12 nitrogen and oxygen atoms in total. The van der Waals surface area contributed by atoms with Gasteiger partial charge in [0.25, 0.3) is 5.91 Å². The number of methoxy groups -OCH3 is 1. The molecule has 3 aromatic heterocycles. The molecule has 0 radical (unpaired) electrons. The van der Waals surface area contributed by atoms with Crippen molar-refractivity contribution < 1.29 is 28.6 Å². The number of nitrogens with one attached hydrogen (secondary N) is 1. The Hall–Kier alpha value is -4.59. The number of halogens is 1. The molecule has 2 amide bonds. The number of imidazole rings is 1. The van der Waals surface area contributed by atoms with Crippen LogP contribution < -0.4 is 10.2 Å². The number of hydrogen-bond donors (Lipinski definition) is 2. The molecular formula is C35H42FN7O5. The summed E-state index contributed by atoms with van der Waals surface area (Å²) >= 11 is 0. The smallest absolute Gasteiger partial charge is 0.417 e. The van der Waals surface area contributed by atoms with Crippen LogP contribution in [-0.4, -0.2) is 93.4 Å². The van der Waals surface area contributed by atoms with E-state index in [-0.39, 0.29) is 6.54 Å². The molecule has 0 spiro atoms. The van der Waals surface area contributed by atoms with Crippen LogP contribution in [0.15, 0.2) is 48.8 Å². The molecule has 0 aliphatic carbocycles. The van der Waals surface area contributed by atoms with Gasteiger partial charge in [-0.2, -0.15) is 0 Å². The number of carbonyl (C=O) groups is 2. The maximum absolute atomic E-state index is 14.0. The minimum atomic E-state index is -0.840. The fourth-order valence-electron chi connectivity index (χ4n) is 6.37. The van der Waals surface area contributed by atoms with Crippen molar-refractivity contribution in [2.45, 2.75) is 57.9 Å². The molecule has 2 aliphatic heterocycles. The predicted molar refractivity (Wildman–Crippen MR) is 180 cm³/mol. The van der Waals surface area contributed by atoms with Crippen molar-refractivity contribution in [2.24, 2.45) is 0 Å². The summed E-state index contributed by atoms with van der Waals surface area (Å²) in [6, 6.07) is 10.2. The highest BCUT2D eigenvalue weighted by Gasteiger charge is 2.39. The molecule has 0 saturated carbocycles. The zero-order valence-corrected chi connectivity index (χ0v) is 28.2. The lowest BCUT2D eigenvalue weighted by atomic mass is 9.92. The first-order chi connectivity index (χ1) is 22.7. The number of imide groups is 1. The SMILES string of the molecule is COCC1(O)CCN(c2ccc(Nc3ccc(-c4cnc5cc(F)ccn45)c4c3C(=O)N(C(=O)OC(C)(C)C)C4)nc2CN(C)C)CC1. The van der Waals surface area contributed by atoms with Gasteiger partial charge in [-0.15, -0.1) is 0 Å². The van der Waals surface area contributed by atoms with Crippen molar-refractivity contribution in [3.05, 3.63) is 71.4 Å². The van der Waals surface area contributed by atoms with Gasteiger partial charge in [-0.1, -0.05) is 6.07 Å². The number of rotatable bonds is 8. The van der Waals surface area contributed by atoms with E-state index in [4.69, 9.17) is 14.5 Å². The van der Waals surface area contributed by atoms with Crippen LogP contribution in [0.2, 0.25) is 0 Å². The second-order valence-corrected chi connectivity index (χ2v) is 13.8. The topological polar surface area (TPSA) is 125 Å². The molecule has 48 heavy (non-hydrogen) atoms. The van der Waals surface area contributed by atoms with Gasteiger partial charge in [-0.05, 0) is 77.5 Å². The molecule has 2 N–H and O–H groups in total. The molecule has 0 atom stereocenters. The number of amides is 2. The minimum Gasteiger partial charge on any atom is -0.443 e. The number of hydrogen-bond acceptors (Lipinski definition) is 10. The molecule has 13 heteroatoms. The summed E-state index contributed by atoms with van der Waals surface area (Å²) in [6.45, 7) is 7.43. The molecule has 1 fully saturated rings. The third-order valence-electron chi connectivity index (χ3n) is 8.58. The van der Waals surface area contributed by atoms with Crippen LogP contribution in [0.3, 0.4) is 0 Å². The van der Waals surface area contributed by atoms with E-state index in [1.165, 1.54) is 12.1 Å². The van der Waals surface area contributed by atoms with Crippen molar-refractivity contribution in [3.63, 3.8) is 0 Å². The molecule has 0 unspecified atom stereocenters. The zero-order valence-electron chi connectivity index (χ0n) is 28.2. The van der Waals surface area contributed by atoms with Gasteiger partial charge >= 0.3 is 6.09 Å². The van der Waals surface area contributed by atoms with Crippen LogP contribution >= 0.6 is 0 Å². The molecule has 1 saturated heterocycles. The number of piperidine rings is 1. The van der Waals surface area contributed by atoms with Crippen molar-refractivity contribution in [1.29, 1.82) is 0 Å². The summed E-state index contributed by atoms with van der Waals surface area (Å²) in [6.07, 6.45) is 3.64. The second kappa shape index (κ2) is 12.8. The average Bonchev–Trinajstić information content (AvgIpc) is 3.58. The van der Waals surface area contributed by atoms with Crippen molar-refractivity contribution in [3.8, 4) is 11.3 Å². The van der Waals surface area contributed by atoms with Gasteiger partial charge in [0.1, 0.15) is 22.9 Å². The number of aromatic nitrogens is 3. The van der Waals surface area contributed by atoms with Crippen molar-refractivity contribution >= 4 is 34.8 Å². The first-order valence-electron chi connectivity index (χ1n) is 16.0. The first-order valence-corrected chi connectivity index (χ1v) is 16.0. The Balaban J connectivity index is 1.37. The van der Waals surface area contributed by atoms with E-state index in [1.54, 1.807) is 50.7 Å². The molecule has 254 valence electrons. The lowest BCUT2D eigenvalue weighted by molar-refractivity contribution is -0.0472. The summed E-state index contributed by atoms with van der Waals surface area (Å²) in [4.78, 5) is 41.9. The third-order valence-corrected chi connectivity index (χ3v) is 8.58. The summed E-state index contributed by atoms with van der Waals surface area (Å²) in [7, 11) is 5.55. The van der Waals surface area contributed by atoms with Gasteiger partial charge in [-0.3, -0.25) is 9.20 Å². The molecule has 6 rings (SSSR count). The fourth-order valence-corrected chi connectivity index (χ4v) is 6.37. The standard InChI is InChI=1S/C35H42FN7O5/c1-34(2,3)48-33(45)43-19-24-23(28-18-37-30-17-22(36)11-14-42(28)30)7-8-25(31(24)32(43)44)38-29-10-9-27(26(39-29)20-40(4)5)41-15-12-35(46,13-16-41)21-47-6/h7-11,14,17-18,46H,12-13,15-16,19-21H2,1-6H3,(H,38,39). The summed E-state index contributed by atoms with van der Waals surface area (Å²) in [5.41, 5.74) is 3.37. The van der Waals surface area contributed by atoms with Gasteiger partial charge in [0.2, 0.25) is 0 Å². The number of carbonyl (C=O) groups excluding carboxylic acids is 2. The molecule has 5 heterocycles. The molecular weight excluding hydrogens is 617 g/mol. The predicted octanol–water partition coefficient (Wildman–Crippen LogP) is 5.21. The Morgan fingerprint density at radius 3 is 2.58 bits per heavy atom. The summed E-state index contributed by atoms with van der Waals surface area (Å²) in [5.74, 6) is -0.367. The van der Waals surface area contributed by atoms with E-state index >= 15 is 0 Å². The number of ether oxygens (including phenoxy) is 2. The lowest BCUT2D eigenvalue weighted by Gasteiger charge is -2.39. The Morgan fingerprint density at radius 1 is 1.15 bits per heavy atom. The van der Waals surface area contributed by atoms with Crippen molar-refractivity contribution in [2.75, 3.05) is 51.1 Å². The Labute approximate surface area is 279 Å². The van der Waals surface area contributed by atoms with Crippen LogP contribution in [0.1, 0.15) is 55.2 Å². The summed E-state index contributed by atoms with van der Waals surface area (Å²) in [5, 5.41) is 14.2. The molecule has 4 aromatic rings.